The lowest BCUT2D eigenvalue weighted by molar-refractivity contribution is -0.127. The molecule has 13 heteroatoms. The Balaban J connectivity index is 1.46. The first kappa shape index (κ1) is 29.6. The molecule has 2 aromatic carbocycles. The lowest BCUT2D eigenvalue weighted by Gasteiger charge is -2.24. The standard InChI is InChI=1S/C28H32F2N6O5/c1-6-36(34-25(37)19-12-28(3,40)14-32-19)27(39)17-8-7-16(11-15(17)2)33-26(38)24-31-13-20(35(24)4)18-9-10-21(41-5)23(30)22(18)29/h7-11,13,19,32,40H,6,12,14H2,1-5H3,(H,33,38)(H,34,37)/t19-,28-/m1/s1. The number of halogens is 2. The number of nitrogens with zero attached hydrogens (tertiary/aromatic N) is 3. The van der Waals surface area contributed by atoms with Crippen LogP contribution in [-0.4, -0.2) is 69.2 Å². The van der Waals surface area contributed by atoms with Crippen molar-refractivity contribution in [2.45, 2.75) is 38.8 Å². The highest BCUT2D eigenvalue weighted by molar-refractivity contribution is 6.03. The maximum absolute atomic E-state index is 14.6. The molecule has 218 valence electrons. The number of hydrogen-bond acceptors (Lipinski definition) is 7. The van der Waals surface area contributed by atoms with Crippen molar-refractivity contribution in [2.24, 2.45) is 7.05 Å². The van der Waals surface area contributed by atoms with Gasteiger partial charge in [0.1, 0.15) is 0 Å². The molecular weight excluding hydrogens is 538 g/mol. The zero-order chi connectivity index (χ0) is 30.1. The molecule has 0 spiro atoms. The maximum atomic E-state index is 14.6. The average Bonchev–Trinajstić information content (AvgIpc) is 3.50. The minimum Gasteiger partial charge on any atom is -0.494 e. The van der Waals surface area contributed by atoms with Gasteiger partial charge in [-0.05, 0) is 56.7 Å². The van der Waals surface area contributed by atoms with Gasteiger partial charge in [0.05, 0.1) is 30.6 Å². The Morgan fingerprint density at radius 3 is 2.59 bits per heavy atom. The number of ether oxygens (including phenoxy) is 1. The van der Waals surface area contributed by atoms with Gasteiger partial charge in [-0.1, -0.05) is 0 Å². The number of β-amino-alcohol motifs (C(OH)–C–C–N with tert-alkyl or cyclic N) is 1. The van der Waals surface area contributed by atoms with Crippen LogP contribution in [0.4, 0.5) is 14.5 Å². The maximum Gasteiger partial charge on any atom is 0.291 e. The number of hydrazine groups is 1. The van der Waals surface area contributed by atoms with Crippen LogP contribution in [0.2, 0.25) is 0 Å². The van der Waals surface area contributed by atoms with E-state index >= 15 is 0 Å². The smallest absolute Gasteiger partial charge is 0.291 e. The lowest BCUT2D eigenvalue weighted by Crippen LogP contribution is -2.51. The van der Waals surface area contributed by atoms with Crippen LogP contribution in [0, 0.1) is 18.6 Å². The second-order valence-corrected chi connectivity index (χ2v) is 10.1. The van der Waals surface area contributed by atoms with E-state index in [0.717, 1.165) is 0 Å². The number of anilines is 1. The van der Waals surface area contributed by atoms with Crippen molar-refractivity contribution >= 4 is 23.4 Å². The molecule has 3 amide bonds. The Morgan fingerprint density at radius 2 is 1.98 bits per heavy atom. The largest absolute Gasteiger partial charge is 0.494 e. The van der Waals surface area contributed by atoms with Crippen molar-refractivity contribution in [3.8, 4) is 17.0 Å². The number of rotatable bonds is 7. The number of imidazole rings is 1. The van der Waals surface area contributed by atoms with E-state index in [1.54, 1.807) is 26.8 Å². The van der Waals surface area contributed by atoms with E-state index in [-0.39, 0.29) is 42.3 Å². The summed E-state index contributed by atoms with van der Waals surface area (Å²) in [4.78, 5) is 42.9. The molecule has 41 heavy (non-hydrogen) atoms. The molecule has 0 bridgehead atoms. The monoisotopic (exact) mass is 570 g/mol. The molecular formula is C28H32F2N6O5. The van der Waals surface area contributed by atoms with Gasteiger partial charge in [-0.2, -0.15) is 4.39 Å². The number of hydrogen-bond donors (Lipinski definition) is 4. The number of methoxy groups -OCH3 is 1. The normalized spacial score (nSPS) is 18.2. The average molecular weight is 571 g/mol. The van der Waals surface area contributed by atoms with Crippen molar-refractivity contribution in [1.29, 1.82) is 0 Å². The molecule has 0 aliphatic carbocycles. The number of carbonyl (C=O) groups is 3. The molecule has 1 fully saturated rings. The van der Waals surface area contributed by atoms with Gasteiger partial charge in [0.2, 0.25) is 5.82 Å². The third-order valence-corrected chi connectivity index (χ3v) is 6.94. The molecule has 2 heterocycles. The summed E-state index contributed by atoms with van der Waals surface area (Å²) < 4.78 is 35.0. The number of aliphatic hydroxyl groups is 1. The van der Waals surface area contributed by atoms with Crippen LogP contribution >= 0.6 is 0 Å². The number of aryl methyl sites for hydroxylation is 1. The molecule has 4 rings (SSSR count). The molecule has 1 aromatic heterocycles. The van der Waals surface area contributed by atoms with E-state index in [0.29, 0.717) is 16.8 Å². The highest BCUT2D eigenvalue weighted by atomic mass is 19.2. The van der Waals surface area contributed by atoms with E-state index in [1.165, 1.54) is 54.2 Å². The van der Waals surface area contributed by atoms with Gasteiger partial charge in [-0.3, -0.25) is 24.8 Å². The fraction of sp³-hybridized carbons (Fsp3) is 0.357. The minimum absolute atomic E-state index is 0.0483. The van der Waals surface area contributed by atoms with Gasteiger partial charge in [-0.25, -0.2) is 9.37 Å². The second-order valence-electron chi connectivity index (χ2n) is 10.1. The number of nitrogens with one attached hydrogen (secondary N) is 3. The summed E-state index contributed by atoms with van der Waals surface area (Å²) in [6.45, 7) is 5.51. The highest BCUT2D eigenvalue weighted by Crippen LogP contribution is 2.30. The first-order valence-corrected chi connectivity index (χ1v) is 12.9. The summed E-state index contributed by atoms with van der Waals surface area (Å²) in [7, 11) is 2.73. The SMILES string of the molecule is CCN(NC(=O)[C@H]1C[C@@](C)(O)CN1)C(=O)c1ccc(NC(=O)c2ncc(-c3ccc(OC)c(F)c3F)n2C)cc1C. The predicted octanol–water partition coefficient (Wildman–Crippen LogP) is 2.54. The van der Waals surface area contributed by atoms with Gasteiger partial charge in [0.25, 0.3) is 17.7 Å². The van der Waals surface area contributed by atoms with E-state index in [2.05, 4.69) is 21.0 Å². The second kappa shape index (κ2) is 11.6. The van der Waals surface area contributed by atoms with Gasteiger partial charge < -0.3 is 25.0 Å². The van der Waals surface area contributed by atoms with Gasteiger partial charge in [0.15, 0.2) is 17.4 Å². The fourth-order valence-electron chi connectivity index (χ4n) is 4.67. The van der Waals surface area contributed by atoms with Gasteiger partial charge in [-0.15, -0.1) is 0 Å². The number of aromatic nitrogens is 2. The van der Waals surface area contributed by atoms with Crippen molar-refractivity contribution in [1.82, 2.24) is 25.3 Å². The van der Waals surface area contributed by atoms with Crippen LogP contribution in [-0.2, 0) is 11.8 Å². The quantitative estimate of drug-likeness (QED) is 0.321. The molecule has 0 saturated carbocycles. The molecule has 1 aliphatic rings. The van der Waals surface area contributed by atoms with Crippen LogP contribution in [0.15, 0.2) is 36.5 Å². The Kier molecular flexibility index (Phi) is 8.40. The highest BCUT2D eigenvalue weighted by Gasteiger charge is 2.37. The fourth-order valence-corrected chi connectivity index (χ4v) is 4.67. The molecule has 11 nitrogen and oxygen atoms in total. The summed E-state index contributed by atoms with van der Waals surface area (Å²) in [6.07, 6.45) is 1.49. The topological polar surface area (TPSA) is 138 Å². The first-order valence-electron chi connectivity index (χ1n) is 12.9. The predicted molar refractivity (Wildman–Crippen MR) is 146 cm³/mol. The van der Waals surface area contributed by atoms with Crippen LogP contribution in [0.1, 0.15) is 46.8 Å². The van der Waals surface area contributed by atoms with Crippen LogP contribution in [0.25, 0.3) is 11.3 Å². The van der Waals surface area contributed by atoms with Crippen LogP contribution in [0.5, 0.6) is 5.75 Å². The summed E-state index contributed by atoms with van der Waals surface area (Å²) in [5.41, 5.74) is 2.94. The minimum atomic E-state index is -1.15. The molecule has 4 N–H and O–H groups in total. The number of carbonyl (C=O) groups excluding carboxylic acids is 3. The number of benzene rings is 2. The molecule has 2 atom stereocenters. The Bertz CT molecular complexity index is 1510. The van der Waals surface area contributed by atoms with Crippen molar-refractivity contribution in [3.05, 3.63) is 65.1 Å². The zero-order valence-corrected chi connectivity index (χ0v) is 23.3. The Labute approximate surface area is 235 Å². The van der Waals surface area contributed by atoms with Crippen molar-refractivity contribution < 1.29 is 33.0 Å². The lowest BCUT2D eigenvalue weighted by atomic mass is 10.0. The molecule has 1 saturated heterocycles. The summed E-state index contributed by atoms with van der Waals surface area (Å²) >= 11 is 0. The first-order chi connectivity index (χ1) is 19.4. The third-order valence-electron chi connectivity index (χ3n) is 6.94. The van der Waals surface area contributed by atoms with Crippen molar-refractivity contribution in [2.75, 3.05) is 25.5 Å². The third kappa shape index (κ3) is 6.05. The Morgan fingerprint density at radius 1 is 1.24 bits per heavy atom. The van der Waals surface area contributed by atoms with E-state index < -0.39 is 41.0 Å². The van der Waals surface area contributed by atoms with Crippen molar-refractivity contribution in [3.63, 3.8) is 0 Å². The zero-order valence-electron chi connectivity index (χ0n) is 23.3. The number of amides is 3. The Hall–Kier alpha value is -4.36. The molecule has 3 aromatic rings. The summed E-state index contributed by atoms with van der Waals surface area (Å²) in [5, 5.41) is 16.9. The van der Waals surface area contributed by atoms with E-state index in [9.17, 15) is 28.3 Å². The van der Waals surface area contributed by atoms with Gasteiger partial charge in [0, 0.05) is 43.4 Å². The molecule has 1 aliphatic heterocycles. The summed E-state index contributed by atoms with van der Waals surface area (Å²) in [6, 6.07) is 6.65. The molecule has 0 unspecified atom stereocenters. The van der Waals surface area contributed by atoms with Gasteiger partial charge >= 0.3 is 0 Å². The van der Waals surface area contributed by atoms with Crippen LogP contribution < -0.4 is 20.8 Å². The summed E-state index contributed by atoms with van der Waals surface area (Å²) in [5.74, 6) is -4.03. The van der Waals surface area contributed by atoms with E-state index in [1.807, 2.05) is 0 Å². The van der Waals surface area contributed by atoms with Crippen LogP contribution in [0.3, 0.4) is 0 Å². The van der Waals surface area contributed by atoms with E-state index in [4.69, 9.17) is 4.74 Å². The molecule has 0 radical (unpaired) electrons.